The van der Waals surface area contributed by atoms with E-state index in [2.05, 4.69) is 188 Å². The van der Waals surface area contributed by atoms with E-state index in [1.54, 1.807) is 0 Å². The Kier molecular flexibility index (Phi) is 7.78. The zero-order valence-corrected chi connectivity index (χ0v) is 30.8. The van der Waals surface area contributed by atoms with E-state index in [0.717, 1.165) is 77.0 Å². The molecule has 0 aliphatic carbocycles. The summed E-state index contributed by atoms with van der Waals surface area (Å²) in [4.78, 5) is 15.6. The van der Waals surface area contributed by atoms with Gasteiger partial charge in [0.05, 0.1) is 0 Å². The highest BCUT2D eigenvalue weighted by Crippen LogP contribution is 2.42. The number of aromatic nitrogens is 3. The lowest BCUT2D eigenvalue weighted by molar-refractivity contribution is 0.674. The quantitative estimate of drug-likeness (QED) is 0.171. The second-order valence-corrected chi connectivity index (χ2v) is 14.4. The summed E-state index contributed by atoms with van der Waals surface area (Å²) in [7, 11) is 0. The molecule has 4 nitrogen and oxygen atoms in total. The van der Waals surface area contributed by atoms with Crippen LogP contribution >= 0.6 is 0 Å². The van der Waals surface area contributed by atoms with E-state index in [1.807, 2.05) is 12.1 Å². The molecule has 266 valence electrons. The monoisotopic (exact) mass is 727 g/mol. The van der Waals surface area contributed by atoms with Crippen LogP contribution in [0.1, 0.15) is 0 Å². The normalized spacial score (nSPS) is 11.5. The highest BCUT2D eigenvalue weighted by Gasteiger charge is 2.20. The largest absolute Gasteiger partial charge is 0.455 e. The molecule has 0 saturated carbocycles. The lowest BCUT2D eigenvalue weighted by atomic mass is 9.97. The third kappa shape index (κ3) is 5.83. The van der Waals surface area contributed by atoms with Gasteiger partial charge in [-0.05, 0) is 56.1 Å². The van der Waals surface area contributed by atoms with Crippen molar-refractivity contribution in [1.29, 1.82) is 0 Å². The standard InChI is InChI=1S/C53H33N3O/c1-3-12-34(13-4-1)37-22-27-39(28-23-37)43-20-11-21-46-47-33-48(44-18-9-10-19-45(44)50(47)57-49(43)46)53-55-51(40-29-24-38(25-30-40)35-14-5-2-6-15-35)54-52(56-53)42-31-26-36-16-7-8-17-41(36)32-42/h1-33H. The van der Waals surface area contributed by atoms with Crippen LogP contribution in [-0.4, -0.2) is 15.0 Å². The van der Waals surface area contributed by atoms with Crippen LogP contribution in [0.15, 0.2) is 205 Å². The zero-order chi connectivity index (χ0) is 37.7. The minimum absolute atomic E-state index is 0.607. The number of fused-ring (bicyclic) bond motifs is 6. The average Bonchev–Trinajstić information content (AvgIpc) is 3.68. The summed E-state index contributed by atoms with van der Waals surface area (Å²) in [6, 6.07) is 69.8. The summed E-state index contributed by atoms with van der Waals surface area (Å²) in [5.41, 5.74) is 11.3. The molecule has 0 amide bonds. The fourth-order valence-electron chi connectivity index (χ4n) is 8.03. The van der Waals surface area contributed by atoms with Gasteiger partial charge in [0, 0.05) is 38.4 Å². The molecule has 11 aromatic rings. The highest BCUT2D eigenvalue weighted by molar-refractivity contribution is 6.20. The number of furan rings is 1. The van der Waals surface area contributed by atoms with Crippen molar-refractivity contribution < 1.29 is 4.42 Å². The first-order valence-corrected chi connectivity index (χ1v) is 19.2. The molecule has 4 heteroatoms. The Hall–Kier alpha value is -7.69. The Morgan fingerprint density at radius 3 is 1.46 bits per heavy atom. The molecule has 0 fully saturated rings. The Morgan fingerprint density at radius 2 is 0.754 bits per heavy atom. The molecule has 0 atom stereocenters. The first-order valence-electron chi connectivity index (χ1n) is 19.2. The van der Waals surface area contributed by atoms with Crippen molar-refractivity contribution >= 4 is 43.5 Å². The summed E-state index contributed by atoms with van der Waals surface area (Å²) < 4.78 is 6.88. The fourth-order valence-corrected chi connectivity index (χ4v) is 8.03. The summed E-state index contributed by atoms with van der Waals surface area (Å²) in [5.74, 6) is 1.84. The van der Waals surface area contributed by atoms with Crippen molar-refractivity contribution in [1.82, 2.24) is 15.0 Å². The maximum atomic E-state index is 6.88. The van der Waals surface area contributed by atoms with Crippen molar-refractivity contribution in [2.75, 3.05) is 0 Å². The van der Waals surface area contributed by atoms with Gasteiger partial charge < -0.3 is 4.42 Å². The predicted molar refractivity (Wildman–Crippen MR) is 235 cm³/mol. The molecule has 0 saturated heterocycles. The van der Waals surface area contributed by atoms with Crippen LogP contribution in [0.5, 0.6) is 0 Å². The van der Waals surface area contributed by atoms with Crippen molar-refractivity contribution in [2.45, 2.75) is 0 Å². The molecule has 0 spiro atoms. The van der Waals surface area contributed by atoms with Crippen molar-refractivity contribution in [3.05, 3.63) is 200 Å². The molecule has 2 heterocycles. The summed E-state index contributed by atoms with van der Waals surface area (Å²) >= 11 is 0. The van der Waals surface area contributed by atoms with E-state index in [9.17, 15) is 0 Å². The van der Waals surface area contributed by atoms with Gasteiger partial charge >= 0.3 is 0 Å². The number of benzene rings is 9. The van der Waals surface area contributed by atoms with Crippen molar-refractivity contribution in [2.24, 2.45) is 0 Å². The fraction of sp³-hybridized carbons (Fsp3) is 0. The van der Waals surface area contributed by atoms with Crippen LogP contribution in [0.25, 0.3) is 111 Å². The second-order valence-electron chi connectivity index (χ2n) is 14.4. The van der Waals surface area contributed by atoms with Crippen molar-refractivity contribution in [3.63, 3.8) is 0 Å². The molecule has 0 aliphatic rings. The molecule has 2 aromatic heterocycles. The van der Waals surface area contributed by atoms with Crippen LogP contribution in [0.3, 0.4) is 0 Å². The smallest absolute Gasteiger partial charge is 0.164 e. The molecule has 0 radical (unpaired) electrons. The Balaban J connectivity index is 1.10. The third-order valence-corrected chi connectivity index (χ3v) is 10.9. The topological polar surface area (TPSA) is 51.8 Å². The zero-order valence-electron chi connectivity index (χ0n) is 30.8. The molecule has 0 bridgehead atoms. The summed E-state index contributed by atoms with van der Waals surface area (Å²) in [5, 5.41) is 6.38. The minimum Gasteiger partial charge on any atom is -0.455 e. The first-order chi connectivity index (χ1) is 28.2. The Labute approximate surface area is 329 Å². The van der Waals surface area contributed by atoms with Gasteiger partial charge in [0.25, 0.3) is 0 Å². The van der Waals surface area contributed by atoms with E-state index < -0.39 is 0 Å². The van der Waals surface area contributed by atoms with Crippen LogP contribution in [0.2, 0.25) is 0 Å². The SMILES string of the molecule is c1ccc(-c2ccc(-c3nc(-c4ccc5ccccc5c4)nc(-c4cc5c6cccc(-c7ccc(-c8ccccc8)cc7)c6oc5c5ccccc45)n3)cc2)cc1. The minimum atomic E-state index is 0.607. The first kappa shape index (κ1) is 32.7. The molecular weight excluding hydrogens is 695 g/mol. The van der Waals surface area contributed by atoms with Gasteiger partial charge in [-0.25, -0.2) is 15.0 Å². The Bertz CT molecular complexity index is 3260. The van der Waals surface area contributed by atoms with Gasteiger partial charge in [-0.2, -0.15) is 0 Å². The number of hydrogen-bond acceptors (Lipinski definition) is 4. The second kappa shape index (κ2) is 13.6. The molecule has 0 unspecified atom stereocenters. The molecule has 0 aliphatic heterocycles. The van der Waals surface area contributed by atoms with E-state index in [0.29, 0.717) is 17.5 Å². The van der Waals surface area contributed by atoms with Crippen LogP contribution < -0.4 is 0 Å². The van der Waals surface area contributed by atoms with Gasteiger partial charge in [-0.1, -0.05) is 188 Å². The third-order valence-electron chi connectivity index (χ3n) is 10.9. The molecule has 11 rings (SSSR count). The van der Waals surface area contributed by atoms with E-state index in [1.165, 1.54) is 16.5 Å². The maximum absolute atomic E-state index is 6.88. The van der Waals surface area contributed by atoms with Gasteiger partial charge in [0.2, 0.25) is 0 Å². The molecule has 9 aromatic carbocycles. The van der Waals surface area contributed by atoms with Gasteiger partial charge in [-0.15, -0.1) is 0 Å². The predicted octanol–water partition coefficient (Wildman–Crippen LogP) is 14.1. The van der Waals surface area contributed by atoms with E-state index >= 15 is 0 Å². The number of hydrogen-bond donors (Lipinski definition) is 0. The molecular formula is C53H33N3O. The van der Waals surface area contributed by atoms with Crippen LogP contribution in [-0.2, 0) is 0 Å². The summed E-state index contributed by atoms with van der Waals surface area (Å²) in [6.07, 6.45) is 0. The van der Waals surface area contributed by atoms with Crippen molar-refractivity contribution in [3.8, 4) is 67.5 Å². The maximum Gasteiger partial charge on any atom is 0.164 e. The van der Waals surface area contributed by atoms with Gasteiger partial charge in [0.15, 0.2) is 17.5 Å². The van der Waals surface area contributed by atoms with Gasteiger partial charge in [0.1, 0.15) is 11.2 Å². The lowest BCUT2D eigenvalue weighted by Gasteiger charge is -2.12. The highest BCUT2D eigenvalue weighted by atomic mass is 16.3. The Morgan fingerprint density at radius 1 is 0.263 bits per heavy atom. The van der Waals surface area contributed by atoms with Crippen LogP contribution in [0.4, 0.5) is 0 Å². The number of para-hydroxylation sites is 1. The molecule has 0 N–H and O–H groups in total. The number of rotatable bonds is 6. The lowest BCUT2D eigenvalue weighted by Crippen LogP contribution is -2.00. The number of nitrogens with zero attached hydrogens (tertiary/aromatic N) is 3. The van der Waals surface area contributed by atoms with E-state index in [-0.39, 0.29) is 0 Å². The van der Waals surface area contributed by atoms with Gasteiger partial charge in [-0.3, -0.25) is 0 Å². The van der Waals surface area contributed by atoms with Crippen LogP contribution in [0, 0.1) is 0 Å². The average molecular weight is 728 g/mol. The summed E-state index contributed by atoms with van der Waals surface area (Å²) in [6.45, 7) is 0. The van der Waals surface area contributed by atoms with E-state index in [4.69, 9.17) is 19.4 Å². The molecule has 57 heavy (non-hydrogen) atoms.